The summed E-state index contributed by atoms with van der Waals surface area (Å²) in [4.78, 5) is 0. The highest BCUT2D eigenvalue weighted by Crippen LogP contribution is 1.67. The van der Waals surface area contributed by atoms with Crippen LogP contribution in [0.1, 0.15) is 0 Å². The SMILES string of the molecule is C=CC(O)O.N.N. The standard InChI is InChI=1S/C3H6O2.2H3N/c1-2-3(4)5;;/h2-5H,1H2;2*1H3. The van der Waals surface area contributed by atoms with E-state index in [2.05, 4.69) is 6.58 Å². The van der Waals surface area contributed by atoms with Crippen molar-refractivity contribution in [1.82, 2.24) is 12.3 Å². The first-order chi connectivity index (χ1) is 2.27. The Labute approximate surface area is 42.6 Å². The van der Waals surface area contributed by atoms with Gasteiger partial charge in [-0.05, 0) is 6.08 Å². The monoisotopic (exact) mass is 108 g/mol. The van der Waals surface area contributed by atoms with E-state index in [0.29, 0.717) is 0 Å². The highest BCUT2D eigenvalue weighted by atomic mass is 16.5. The molecule has 0 fully saturated rings. The van der Waals surface area contributed by atoms with Gasteiger partial charge < -0.3 is 22.5 Å². The molecule has 0 atom stereocenters. The molecule has 4 nitrogen and oxygen atoms in total. The van der Waals surface area contributed by atoms with Crippen molar-refractivity contribution in [2.45, 2.75) is 6.29 Å². The number of rotatable bonds is 1. The Bertz CT molecular complexity index is 37.9. The van der Waals surface area contributed by atoms with Crippen molar-refractivity contribution in [3.05, 3.63) is 12.7 Å². The van der Waals surface area contributed by atoms with Gasteiger partial charge in [-0.25, -0.2) is 0 Å². The van der Waals surface area contributed by atoms with Crippen molar-refractivity contribution < 1.29 is 10.2 Å². The predicted octanol–water partition coefficient (Wildman–Crippen LogP) is -0.193. The van der Waals surface area contributed by atoms with Gasteiger partial charge in [-0.3, -0.25) is 0 Å². The van der Waals surface area contributed by atoms with Crippen LogP contribution in [-0.4, -0.2) is 16.5 Å². The molecule has 0 aliphatic carbocycles. The molecule has 0 heterocycles. The molecule has 4 heteroatoms. The lowest BCUT2D eigenvalue weighted by molar-refractivity contribution is 0.00266. The molecule has 46 valence electrons. The van der Waals surface area contributed by atoms with Gasteiger partial charge in [0.25, 0.3) is 0 Å². The van der Waals surface area contributed by atoms with Crippen molar-refractivity contribution in [3.63, 3.8) is 0 Å². The van der Waals surface area contributed by atoms with Gasteiger partial charge in [-0.1, -0.05) is 6.58 Å². The highest BCUT2D eigenvalue weighted by molar-refractivity contribution is 4.66. The molecule has 0 radical (unpaired) electrons. The van der Waals surface area contributed by atoms with Crippen LogP contribution < -0.4 is 12.3 Å². The maximum atomic E-state index is 7.80. The van der Waals surface area contributed by atoms with E-state index in [-0.39, 0.29) is 12.3 Å². The van der Waals surface area contributed by atoms with Gasteiger partial charge in [0.15, 0.2) is 6.29 Å². The van der Waals surface area contributed by atoms with Gasteiger partial charge in [0.05, 0.1) is 0 Å². The third kappa shape index (κ3) is 28.6. The van der Waals surface area contributed by atoms with Crippen LogP contribution >= 0.6 is 0 Å². The zero-order valence-electron chi connectivity index (χ0n) is 4.17. The highest BCUT2D eigenvalue weighted by Gasteiger charge is 1.76. The molecule has 0 aliphatic rings. The smallest absolute Gasteiger partial charge is 0.170 e. The Balaban J connectivity index is -0.0000000800. The van der Waals surface area contributed by atoms with Gasteiger partial charge in [0.1, 0.15) is 0 Å². The molecular formula is C3H12N2O2. The minimum atomic E-state index is -1.35. The largest absolute Gasteiger partial charge is 0.365 e. The molecule has 0 bridgehead atoms. The van der Waals surface area contributed by atoms with E-state index in [1.165, 1.54) is 0 Å². The Morgan fingerprint density at radius 3 is 1.43 bits per heavy atom. The second kappa shape index (κ2) is 9.13. The first kappa shape index (κ1) is 16.0. The summed E-state index contributed by atoms with van der Waals surface area (Å²) in [5, 5.41) is 15.6. The third-order valence-electron chi connectivity index (χ3n) is 0.211. The fourth-order valence-corrected chi connectivity index (χ4v) is 0. The van der Waals surface area contributed by atoms with Gasteiger partial charge in [0.2, 0.25) is 0 Å². The minimum absolute atomic E-state index is 0. The van der Waals surface area contributed by atoms with Gasteiger partial charge in [-0.2, -0.15) is 0 Å². The van der Waals surface area contributed by atoms with Gasteiger partial charge in [0, 0.05) is 0 Å². The average molecular weight is 108 g/mol. The van der Waals surface area contributed by atoms with Crippen molar-refractivity contribution in [3.8, 4) is 0 Å². The maximum Gasteiger partial charge on any atom is 0.170 e. The van der Waals surface area contributed by atoms with E-state index in [0.717, 1.165) is 6.08 Å². The zero-order valence-corrected chi connectivity index (χ0v) is 4.17. The average Bonchev–Trinajstić information content (AvgIpc) is 1.38. The second-order valence-electron chi connectivity index (χ2n) is 0.649. The molecule has 0 spiro atoms. The molecule has 0 aliphatic heterocycles. The lowest BCUT2D eigenvalue weighted by atomic mass is 10.6. The van der Waals surface area contributed by atoms with Gasteiger partial charge >= 0.3 is 0 Å². The summed E-state index contributed by atoms with van der Waals surface area (Å²) in [5.74, 6) is 0. The van der Waals surface area contributed by atoms with E-state index in [9.17, 15) is 0 Å². The topological polar surface area (TPSA) is 110 Å². The minimum Gasteiger partial charge on any atom is -0.365 e. The Hall–Kier alpha value is -0.420. The van der Waals surface area contributed by atoms with E-state index in [1.807, 2.05) is 0 Å². The molecule has 0 aromatic rings. The normalized spacial score (nSPS) is 6.14. The summed E-state index contributed by atoms with van der Waals surface area (Å²) in [6, 6.07) is 0. The fraction of sp³-hybridized carbons (Fsp3) is 0.333. The Morgan fingerprint density at radius 1 is 1.29 bits per heavy atom. The second-order valence-corrected chi connectivity index (χ2v) is 0.649. The number of hydrogen-bond donors (Lipinski definition) is 4. The number of aliphatic hydroxyl groups excluding tert-OH is 1. The van der Waals surface area contributed by atoms with Crippen LogP contribution in [0.15, 0.2) is 12.7 Å². The van der Waals surface area contributed by atoms with Gasteiger partial charge in [-0.15, -0.1) is 0 Å². The summed E-state index contributed by atoms with van der Waals surface area (Å²) < 4.78 is 0. The maximum absolute atomic E-state index is 7.80. The zero-order chi connectivity index (χ0) is 4.28. The molecule has 0 saturated carbocycles. The van der Waals surface area contributed by atoms with Crippen molar-refractivity contribution in [1.29, 1.82) is 0 Å². The Kier molecular flexibility index (Phi) is 20.9. The van der Waals surface area contributed by atoms with Crippen LogP contribution in [0, 0.1) is 0 Å². The molecule has 0 amide bonds. The van der Waals surface area contributed by atoms with Crippen LogP contribution in [0.25, 0.3) is 0 Å². The summed E-state index contributed by atoms with van der Waals surface area (Å²) >= 11 is 0. The summed E-state index contributed by atoms with van der Waals surface area (Å²) in [5.41, 5.74) is 0. The lowest BCUT2D eigenvalue weighted by Gasteiger charge is -1.84. The van der Waals surface area contributed by atoms with E-state index < -0.39 is 6.29 Å². The first-order valence-electron chi connectivity index (χ1n) is 1.26. The summed E-state index contributed by atoms with van der Waals surface area (Å²) in [7, 11) is 0. The van der Waals surface area contributed by atoms with Crippen molar-refractivity contribution in [2.75, 3.05) is 0 Å². The van der Waals surface area contributed by atoms with Crippen LogP contribution in [0.5, 0.6) is 0 Å². The number of aliphatic hydroxyl groups is 2. The van der Waals surface area contributed by atoms with E-state index >= 15 is 0 Å². The van der Waals surface area contributed by atoms with Crippen molar-refractivity contribution >= 4 is 0 Å². The number of hydrogen-bond acceptors (Lipinski definition) is 4. The van der Waals surface area contributed by atoms with Crippen LogP contribution in [0.4, 0.5) is 0 Å². The third-order valence-corrected chi connectivity index (χ3v) is 0.211. The van der Waals surface area contributed by atoms with Crippen LogP contribution in [-0.2, 0) is 0 Å². The molecule has 0 aromatic carbocycles. The molecular weight excluding hydrogens is 96.0 g/mol. The quantitative estimate of drug-likeness (QED) is 0.275. The Morgan fingerprint density at radius 2 is 1.43 bits per heavy atom. The molecule has 0 rings (SSSR count). The molecule has 0 aromatic heterocycles. The predicted molar refractivity (Wildman–Crippen MR) is 28.5 cm³/mol. The van der Waals surface area contributed by atoms with Crippen LogP contribution in [0.3, 0.4) is 0 Å². The molecule has 0 saturated heterocycles. The molecule has 8 N–H and O–H groups in total. The molecule has 7 heavy (non-hydrogen) atoms. The summed E-state index contributed by atoms with van der Waals surface area (Å²) in [6.45, 7) is 3.06. The first-order valence-corrected chi connectivity index (χ1v) is 1.26. The fourth-order valence-electron chi connectivity index (χ4n) is 0. The van der Waals surface area contributed by atoms with E-state index in [1.54, 1.807) is 0 Å². The molecule has 0 unspecified atom stereocenters. The summed E-state index contributed by atoms with van der Waals surface area (Å²) in [6.07, 6.45) is -0.324. The van der Waals surface area contributed by atoms with Crippen LogP contribution in [0.2, 0.25) is 0 Å². The van der Waals surface area contributed by atoms with Crippen molar-refractivity contribution in [2.24, 2.45) is 0 Å². The van der Waals surface area contributed by atoms with E-state index in [4.69, 9.17) is 10.2 Å². The lowest BCUT2D eigenvalue weighted by Crippen LogP contribution is -1.95.